The van der Waals surface area contributed by atoms with Gasteiger partial charge >= 0.3 is 6.03 Å². The maximum absolute atomic E-state index is 12.5. The number of hydrogen-bond donors (Lipinski definition) is 2. The van der Waals surface area contributed by atoms with E-state index in [1.807, 2.05) is 4.72 Å². The van der Waals surface area contributed by atoms with E-state index in [-0.39, 0.29) is 15.9 Å². The maximum Gasteiger partial charge on any atom is 0.333 e. The number of rotatable bonds is 5. The number of aliphatic imine (C=N–C) groups is 1. The number of carbonyl (C=O) groups is 1. The number of para-hydroxylation sites is 2. The molecule has 0 bridgehead atoms. The molecular formula is C23H17N3O5S. The number of nitrogens with zero attached hydrogens (tertiary/aromatic N) is 1. The molecule has 0 aliphatic heterocycles. The fourth-order valence-electron chi connectivity index (χ4n) is 2.90. The van der Waals surface area contributed by atoms with Crippen LogP contribution in [0.4, 0.5) is 16.2 Å². The first-order valence-corrected chi connectivity index (χ1v) is 10.9. The van der Waals surface area contributed by atoms with E-state index in [9.17, 15) is 18.0 Å². The normalized spacial score (nSPS) is 11.5. The lowest BCUT2D eigenvalue weighted by molar-refractivity contribution is 0.256. The van der Waals surface area contributed by atoms with Gasteiger partial charge in [-0.1, -0.05) is 30.3 Å². The first kappa shape index (κ1) is 21.0. The van der Waals surface area contributed by atoms with E-state index >= 15 is 0 Å². The Morgan fingerprint density at radius 2 is 1.59 bits per heavy atom. The number of nitrogens with one attached hydrogen (secondary N) is 2. The molecule has 0 unspecified atom stereocenters. The molecule has 4 aromatic rings. The van der Waals surface area contributed by atoms with Gasteiger partial charge in [-0.2, -0.15) is 0 Å². The van der Waals surface area contributed by atoms with E-state index < -0.39 is 16.1 Å². The van der Waals surface area contributed by atoms with Crippen molar-refractivity contribution in [1.82, 2.24) is 4.72 Å². The maximum atomic E-state index is 12.5. The summed E-state index contributed by atoms with van der Waals surface area (Å²) >= 11 is 0. The molecule has 2 amide bonds. The topological polar surface area (TPSA) is 118 Å². The SMILES string of the molecule is O=C(Nc1ccccc1)NS(=O)(=O)c1ccc(N=Cc2coc3ccccc3c2=O)cc1. The largest absolute Gasteiger partial charge is 0.463 e. The van der Waals surface area contributed by atoms with Gasteiger partial charge in [-0.25, -0.2) is 17.9 Å². The van der Waals surface area contributed by atoms with Gasteiger partial charge in [-0.15, -0.1) is 0 Å². The molecular weight excluding hydrogens is 430 g/mol. The van der Waals surface area contributed by atoms with Gasteiger partial charge < -0.3 is 9.73 Å². The summed E-state index contributed by atoms with van der Waals surface area (Å²) in [5, 5.41) is 2.89. The third kappa shape index (κ3) is 4.73. The Kier molecular flexibility index (Phi) is 5.82. The molecule has 0 aliphatic carbocycles. The smallest absolute Gasteiger partial charge is 0.333 e. The van der Waals surface area contributed by atoms with Gasteiger partial charge in [0, 0.05) is 11.9 Å². The average Bonchev–Trinajstić information content (AvgIpc) is 2.79. The molecule has 160 valence electrons. The zero-order valence-electron chi connectivity index (χ0n) is 16.6. The van der Waals surface area contributed by atoms with Gasteiger partial charge in [0.05, 0.1) is 21.5 Å². The van der Waals surface area contributed by atoms with Crippen LogP contribution in [0.5, 0.6) is 0 Å². The summed E-state index contributed by atoms with van der Waals surface area (Å²) in [5.41, 5.74) is 1.41. The predicted molar refractivity (Wildman–Crippen MR) is 122 cm³/mol. The Morgan fingerprint density at radius 3 is 2.34 bits per heavy atom. The number of sulfonamides is 1. The van der Waals surface area contributed by atoms with Crippen LogP contribution in [0, 0.1) is 0 Å². The number of amides is 2. The number of carbonyl (C=O) groups excluding carboxylic acids is 1. The van der Waals surface area contributed by atoms with Crippen LogP contribution in [0.2, 0.25) is 0 Å². The highest BCUT2D eigenvalue weighted by atomic mass is 32.2. The summed E-state index contributed by atoms with van der Waals surface area (Å²) in [6, 6.07) is 20.0. The molecule has 9 heteroatoms. The summed E-state index contributed by atoms with van der Waals surface area (Å²) in [7, 11) is -4.07. The second-order valence-corrected chi connectivity index (χ2v) is 8.38. The van der Waals surface area contributed by atoms with Crippen LogP contribution < -0.4 is 15.5 Å². The lowest BCUT2D eigenvalue weighted by atomic mass is 10.2. The number of anilines is 1. The zero-order chi connectivity index (χ0) is 22.6. The van der Waals surface area contributed by atoms with Gasteiger partial charge in [0.1, 0.15) is 11.8 Å². The molecule has 0 radical (unpaired) electrons. The number of fused-ring (bicyclic) bond motifs is 1. The highest BCUT2D eigenvalue weighted by molar-refractivity contribution is 7.90. The van der Waals surface area contributed by atoms with Gasteiger partial charge in [0.25, 0.3) is 10.0 Å². The molecule has 1 heterocycles. The molecule has 4 rings (SSSR count). The van der Waals surface area contributed by atoms with E-state index in [4.69, 9.17) is 4.42 Å². The molecule has 0 saturated carbocycles. The lowest BCUT2D eigenvalue weighted by Crippen LogP contribution is -2.34. The van der Waals surface area contributed by atoms with Gasteiger partial charge in [-0.3, -0.25) is 9.79 Å². The Labute approximate surface area is 183 Å². The molecule has 1 aromatic heterocycles. The molecule has 0 atom stereocenters. The first-order chi connectivity index (χ1) is 15.4. The summed E-state index contributed by atoms with van der Waals surface area (Å²) in [6.45, 7) is 0. The van der Waals surface area contributed by atoms with Crippen molar-refractivity contribution in [1.29, 1.82) is 0 Å². The Bertz CT molecular complexity index is 1460. The molecule has 2 N–H and O–H groups in total. The summed E-state index contributed by atoms with van der Waals surface area (Å²) < 4.78 is 32.2. The Hall–Kier alpha value is -4.24. The van der Waals surface area contributed by atoms with Crippen molar-refractivity contribution in [3.05, 3.63) is 101 Å². The Morgan fingerprint density at radius 1 is 0.906 bits per heavy atom. The van der Waals surface area contributed by atoms with Crippen molar-refractivity contribution >= 4 is 44.6 Å². The van der Waals surface area contributed by atoms with Crippen LogP contribution in [0.15, 0.2) is 104 Å². The quantitative estimate of drug-likeness (QED) is 0.448. The monoisotopic (exact) mass is 447 g/mol. The molecule has 3 aromatic carbocycles. The molecule has 32 heavy (non-hydrogen) atoms. The van der Waals surface area contributed by atoms with E-state index in [0.29, 0.717) is 22.3 Å². The second kappa shape index (κ2) is 8.86. The third-order valence-electron chi connectivity index (χ3n) is 4.47. The van der Waals surface area contributed by atoms with Crippen molar-refractivity contribution in [3.63, 3.8) is 0 Å². The van der Waals surface area contributed by atoms with Crippen LogP contribution in [0.25, 0.3) is 11.0 Å². The van der Waals surface area contributed by atoms with Crippen LogP contribution in [0.1, 0.15) is 5.56 Å². The fraction of sp³-hybridized carbons (Fsp3) is 0. The van der Waals surface area contributed by atoms with Gasteiger partial charge in [0.15, 0.2) is 0 Å². The van der Waals surface area contributed by atoms with Crippen molar-refractivity contribution in [2.24, 2.45) is 4.99 Å². The van der Waals surface area contributed by atoms with Crippen molar-refractivity contribution in [2.75, 3.05) is 5.32 Å². The number of urea groups is 1. The third-order valence-corrected chi connectivity index (χ3v) is 5.81. The standard InChI is InChI=1S/C23H17N3O5S/c27-22-16(15-31-21-9-5-4-8-20(21)22)14-24-17-10-12-19(13-11-17)32(29,30)26-23(28)25-18-6-2-1-3-7-18/h1-15H,(H2,25,26,28). The molecule has 0 fully saturated rings. The van der Waals surface area contributed by atoms with E-state index in [2.05, 4.69) is 10.3 Å². The van der Waals surface area contributed by atoms with E-state index in [0.717, 1.165) is 0 Å². The van der Waals surface area contributed by atoms with Crippen LogP contribution >= 0.6 is 0 Å². The predicted octanol–water partition coefficient (Wildman–Crippen LogP) is 4.05. The molecule has 0 aliphatic rings. The number of benzene rings is 3. The first-order valence-electron chi connectivity index (χ1n) is 9.46. The summed E-state index contributed by atoms with van der Waals surface area (Å²) in [6.07, 6.45) is 2.68. The van der Waals surface area contributed by atoms with Crippen LogP contribution in [-0.2, 0) is 10.0 Å². The molecule has 8 nitrogen and oxygen atoms in total. The van der Waals surface area contributed by atoms with Crippen molar-refractivity contribution in [3.8, 4) is 0 Å². The summed E-state index contributed by atoms with van der Waals surface area (Å²) in [4.78, 5) is 28.6. The van der Waals surface area contributed by atoms with Gasteiger partial charge in [-0.05, 0) is 48.5 Å². The number of hydrogen-bond acceptors (Lipinski definition) is 6. The van der Waals surface area contributed by atoms with Crippen LogP contribution in [-0.4, -0.2) is 20.7 Å². The zero-order valence-corrected chi connectivity index (χ0v) is 17.4. The fourth-order valence-corrected chi connectivity index (χ4v) is 3.80. The Balaban J connectivity index is 1.47. The van der Waals surface area contributed by atoms with Crippen LogP contribution in [0.3, 0.4) is 0 Å². The lowest BCUT2D eigenvalue weighted by Gasteiger charge is -2.08. The van der Waals surface area contributed by atoms with E-state index in [1.165, 1.54) is 36.7 Å². The van der Waals surface area contributed by atoms with E-state index in [1.54, 1.807) is 54.6 Å². The molecule has 0 spiro atoms. The minimum absolute atomic E-state index is 0.107. The minimum atomic E-state index is -4.07. The van der Waals surface area contributed by atoms with Crippen molar-refractivity contribution < 1.29 is 17.6 Å². The highest BCUT2D eigenvalue weighted by Gasteiger charge is 2.17. The summed E-state index contributed by atoms with van der Waals surface area (Å²) in [5.74, 6) is 0. The van der Waals surface area contributed by atoms with Crippen molar-refractivity contribution in [2.45, 2.75) is 4.90 Å². The van der Waals surface area contributed by atoms with Gasteiger partial charge in [0.2, 0.25) is 5.43 Å². The minimum Gasteiger partial charge on any atom is -0.463 e. The highest BCUT2D eigenvalue weighted by Crippen LogP contribution is 2.17. The molecule has 0 saturated heterocycles. The average molecular weight is 447 g/mol. The second-order valence-electron chi connectivity index (χ2n) is 6.69.